The Morgan fingerprint density at radius 2 is 1.90 bits per heavy atom. The number of nitriles is 1. The summed E-state index contributed by atoms with van der Waals surface area (Å²) in [5.41, 5.74) is 1.57. The zero-order chi connectivity index (χ0) is 21.5. The van der Waals surface area contributed by atoms with Crippen LogP contribution in [-0.2, 0) is 4.74 Å². The SMILES string of the molecule is COC(=O)c1ccc(OC[C@H](O)CN2CCN(c3ccc(Br)cc3)CC2)cc1C#N. The first-order valence-corrected chi connectivity index (χ1v) is 10.5. The standard InChI is InChI=1S/C22H24BrN3O4/c1-29-22(28)21-7-6-20(12-16(21)13-24)30-15-19(27)14-25-8-10-26(11-9-25)18-4-2-17(23)3-5-18/h2-7,12,19,27H,8-11,14-15H2,1H3/t19-/m1/s1. The molecule has 0 spiro atoms. The molecule has 1 aliphatic heterocycles. The minimum absolute atomic E-state index is 0.107. The normalized spacial score (nSPS) is 15.3. The molecule has 158 valence electrons. The number of halogens is 1. The maximum atomic E-state index is 11.7. The summed E-state index contributed by atoms with van der Waals surface area (Å²) in [6.45, 7) is 4.14. The number of carbonyl (C=O) groups excluding carboxylic acids is 1. The van der Waals surface area contributed by atoms with Crippen molar-refractivity contribution in [1.29, 1.82) is 5.26 Å². The van der Waals surface area contributed by atoms with E-state index in [1.807, 2.05) is 18.2 Å². The van der Waals surface area contributed by atoms with E-state index < -0.39 is 12.1 Å². The molecule has 0 aliphatic carbocycles. The van der Waals surface area contributed by atoms with E-state index in [9.17, 15) is 15.2 Å². The fourth-order valence-electron chi connectivity index (χ4n) is 3.38. The fraction of sp³-hybridized carbons (Fsp3) is 0.364. The molecule has 0 bridgehead atoms. The monoisotopic (exact) mass is 473 g/mol. The lowest BCUT2D eigenvalue weighted by atomic mass is 10.1. The molecule has 8 heteroatoms. The van der Waals surface area contributed by atoms with Crippen molar-refractivity contribution >= 4 is 27.6 Å². The Kier molecular flexibility index (Phi) is 7.69. The van der Waals surface area contributed by atoms with Crippen molar-refractivity contribution in [3.05, 3.63) is 58.1 Å². The van der Waals surface area contributed by atoms with E-state index in [1.165, 1.54) is 24.9 Å². The summed E-state index contributed by atoms with van der Waals surface area (Å²) in [7, 11) is 1.27. The number of nitrogens with zero attached hydrogens (tertiary/aromatic N) is 3. The van der Waals surface area contributed by atoms with Crippen molar-refractivity contribution in [2.24, 2.45) is 0 Å². The Hall–Kier alpha value is -2.60. The molecular formula is C22H24BrN3O4. The highest BCUT2D eigenvalue weighted by molar-refractivity contribution is 9.10. The zero-order valence-corrected chi connectivity index (χ0v) is 18.3. The summed E-state index contributed by atoms with van der Waals surface area (Å²) in [5, 5.41) is 19.6. The highest BCUT2D eigenvalue weighted by atomic mass is 79.9. The summed E-state index contributed by atoms with van der Waals surface area (Å²) < 4.78 is 11.4. The molecule has 1 heterocycles. The third-order valence-electron chi connectivity index (χ3n) is 4.99. The number of anilines is 1. The second-order valence-electron chi connectivity index (χ2n) is 7.04. The number of aliphatic hydroxyl groups is 1. The summed E-state index contributed by atoms with van der Waals surface area (Å²) in [6.07, 6.45) is -0.657. The second kappa shape index (κ2) is 10.4. The smallest absolute Gasteiger partial charge is 0.339 e. The van der Waals surface area contributed by atoms with Crippen LogP contribution in [0.15, 0.2) is 46.9 Å². The zero-order valence-electron chi connectivity index (χ0n) is 16.8. The molecule has 2 aromatic carbocycles. The van der Waals surface area contributed by atoms with E-state index in [4.69, 9.17) is 4.74 Å². The van der Waals surface area contributed by atoms with Crippen LogP contribution in [0, 0.1) is 11.3 Å². The van der Waals surface area contributed by atoms with Crippen LogP contribution in [0.3, 0.4) is 0 Å². The number of methoxy groups -OCH3 is 1. The van der Waals surface area contributed by atoms with Gasteiger partial charge in [-0.25, -0.2) is 4.79 Å². The van der Waals surface area contributed by atoms with Gasteiger partial charge in [-0.2, -0.15) is 5.26 Å². The molecule has 0 unspecified atom stereocenters. The first-order valence-electron chi connectivity index (χ1n) is 9.66. The number of rotatable bonds is 7. The largest absolute Gasteiger partial charge is 0.491 e. The molecule has 3 rings (SSSR count). The summed E-state index contributed by atoms with van der Waals surface area (Å²) >= 11 is 3.46. The molecule has 1 aliphatic rings. The van der Waals surface area contributed by atoms with Gasteiger partial charge in [0.25, 0.3) is 0 Å². The molecule has 0 aromatic heterocycles. The number of benzene rings is 2. The lowest BCUT2D eigenvalue weighted by Gasteiger charge is -2.36. The van der Waals surface area contributed by atoms with Crippen LogP contribution in [0.2, 0.25) is 0 Å². The van der Waals surface area contributed by atoms with Gasteiger partial charge >= 0.3 is 5.97 Å². The maximum absolute atomic E-state index is 11.7. The summed E-state index contributed by atoms with van der Waals surface area (Å²) in [4.78, 5) is 16.2. The first kappa shape index (κ1) is 22.1. The minimum Gasteiger partial charge on any atom is -0.491 e. The van der Waals surface area contributed by atoms with Crippen LogP contribution < -0.4 is 9.64 Å². The molecule has 1 saturated heterocycles. The van der Waals surface area contributed by atoms with Gasteiger partial charge in [-0.1, -0.05) is 15.9 Å². The molecule has 0 saturated carbocycles. The molecular weight excluding hydrogens is 450 g/mol. The van der Waals surface area contributed by atoms with Crippen LogP contribution in [0.25, 0.3) is 0 Å². The van der Waals surface area contributed by atoms with E-state index >= 15 is 0 Å². The quantitative estimate of drug-likeness (QED) is 0.618. The van der Waals surface area contributed by atoms with E-state index in [2.05, 4.69) is 42.6 Å². The Bertz CT molecular complexity index is 906. The van der Waals surface area contributed by atoms with E-state index in [1.54, 1.807) is 6.07 Å². The predicted molar refractivity (Wildman–Crippen MR) is 117 cm³/mol. The minimum atomic E-state index is -0.657. The third-order valence-corrected chi connectivity index (χ3v) is 5.52. The average Bonchev–Trinajstić information content (AvgIpc) is 2.78. The predicted octanol–water partition coefficient (Wildman–Crippen LogP) is 2.67. The molecule has 1 N–H and O–H groups in total. The van der Waals surface area contributed by atoms with Gasteiger partial charge in [0.15, 0.2) is 0 Å². The Labute approximate surface area is 184 Å². The van der Waals surface area contributed by atoms with Crippen LogP contribution in [-0.4, -0.2) is 68.5 Å². The number of esters is 1. The third kappa shape index (κ3) is 5.72. The van der Waals surface area contributed by atoms with Crippen molar-refractivity contribution in [2.45, 2.75) is 6.10 Å². The molecule has 0 radical (unpaired) electrons. The molecule has 2 aromatic rings. The van der Waals surface area contributed by atoms with Gasteiger partial charge in [0.2, 0.25) is 0 Å². The molecule has 7 nitrogen and oxygen atoms in total. The van der Waals surface area contributed by atoms with Crippen molar-refractivity contribution in [2.75, 3.05) is 51.3 Å². The van der Waals surface area contributed by atoms with Gasteiger partial charge in [0.05, 0.1) is 18.2 Å². The highest BCUT2D eigenvalue weighted by Crippen LogP contribution is 2.21. The van der Waals surface area contributed by atoms with Crippen LogP contribution in [0.4, 0.5) is 5.69 Å². The van der Waals surface area contributed by atoms with E-state index in [0.29, 0.717) is 12.3 Å². The van der Waals surface area contributed by atoms with Crippen molar-refractivity contribution in [3.63, 3.8) is 0 Å². The summed E-state index contributed by atoms with van der Waals surface area (Å²) in [6, 6.07) is 14.8. The second-order valence-corrected chi connectivity index (χ2v) is 7.96. The Balaban J connectivity index is 1.46. The van der Waals surface area contributed by atoms with Crippen LogP contribution >= 0.6 is 15.9 Å². The van der Waals surface area contributed by atoms with Crippen molar-refractivity contribution in [3.8, 4) is 11.8 Å². The van der Waals surface area contributed by atoms with Gasteiger partial charge in [0, 0.05) is 42.9 Å². The van der Waals surface area contributed by atoms with Crippen molar-refractivity contribution in [1.82, 2.24) is 4.90 Å². The van der Waals surface area contributed by atoms with Gasteiger partial charge in [-0.3, -0.25) is 4.90 Å². The van der Waals surface area contributed by atoms with Gasteiger partial charge in [0.1, 0.15) is 24.5 Å². The van der Waals surface area contributed by atoms with E-state index in [-0.39, 0.29) is 17.7 Å². The maximum Gasteiger partial charge on any atom is 0.339 e. The van der Waals surface area contributed by atoms with E-state index in [0.717, 1.165) is 30.7 Å². The number of hydrogen-bond acceptors (Lipinski definition) is 7. The molecule has 1 fully saturated rings. The van der Waals surface area contributed by atoms with Crippen molar-refractivity contribution < 1.29 is 19.4 Å². The number of β-amino-alcohol motifs (C(OH)–C–C–N with tert-alkyl or cyclic N) is 1. The molecule has 0 amide bonds. The molecule has 1 atom stereocenters. The lowest BCUT2D eigenvalue weighted by Crippen LogP contribution is -2.49. The average molecular weight is 474 g/mol. The van der Waals surface area contributed by atoms with Crippen LogP contribution in [0.1, 0.15) is 15.9 Å². The number of aliphatic hydroxyl groups excluding tert-OH is 1. The number of hydrogen-bond donors (Lipinski definition) is 1. The number of piperazine rings is 1. The Morgan fingerprint density at radius 3 is 2.53 bits per heavy atom. The lowest BCUT2D eigenvalue weighted by molar-refractivity contribution is 0.0598. The Morgan fingerprint density at radius 1 is 1.20 bits per heavy atom. The number of carbonyl (C=O) groups is 1. The molecule has 30 heavy (non-hydrogen) atoms. The van der Waals surface area contributed by atoms with Gasteiger partial charge < -0.3 is 19.5 Å². The van der Waals surface area contributed by atoms with Crippen LogP contribution in [0.5, 0.6) is 5.75 Å². The topological polar surface area (TPSA) is 86.0 Å². The fourth-order valence-corrected chi connectivity index (χ4v) is 3.64. The highest BCUT2D eigenvalue weighted by Gasteiger charge is 2.20. The van der Waals surface area contributed by atoms with Gasteiger partial charge in [-0.05, 0) is 42.5 Å². The summed E-state index contributed by atoms with van der Waals surface area (Å²) in [5.74, 6) is -0.140. The van der Waals surface area contributed by atoms with Gasteiger partial charge in [-0.15, -0.1) is 0 Å². The first-order chi connectivity index (χ1) is 14.5. The number of ether oxygens (including phenoxy) is 2.